The highest BCUT2D eigenvalue weighted by molar-refractivity contribution is 6.32. The number of hydrogen-bond donors (Lipinski definition) is 1. The Morgan fingerprint density at radius 3 is 2.52 bits per heavy atom. The first-order valence-corrected chi connectivity index (χ1v) is 9.49. The number of benzene rings is 2. The molecule has 0 atom stereocenters. The first kappa shape index (κ1) is 22.2. The van der Waals surface area contributed by atoms with Gasteiger partial charge in [0.05, 0.1) is 6.54 Å². The van der Waals surface area contributed by atoms with E-state index in [0.717, 1.165) is 17.7 Å². The number of halogens is 1. The van der Waals surface area contributed by atoms with E-state index in [-0.39, 0.29) is 12.5 Å². The van der Waals surface area contributed by atoms with E-state index in [2.05, 4.69) is 5.32 Å². The summed E-state index contributed by atoms with van der Waals surface area (Å²) < 4.78 is 4.93. The van der Waals surface area contributed by atoms with Crippen LogP contribution >= 0.6 is 11.6 Å². The fraction of sp³-hybridized carbons (Fsp3) is 0.227. The van der Waals surface area contributed by atoms with Crippen molar-refractivity contribution in [3.8, 4) is 0 Å². The van der Waals surface area contributed by atoms with Crippen LogP contribution in [0, 0.1) is 0 Å². The highest BCUT2D eigenvalue weighted by Gasteiger charge is 2.15. The second-order valence-corrected chi connectivity index (χ2v) is 6.68. The normalized spacial score (nSPS) is 10.6. The number of nitrogens with one attached hydrogen (secondary N) is 1. The minimum Gasteiger partial charge on any atom is -0.452 e. The standard InChI is InChI=1S/C22H23ClN2O4/c1-3-16-8-5-7-11-19(16)24-20(26)14-25(2)21(27)15-29-22(28)13-12-17-9-4-6-10-18(17)23/h4-13H,3,14-15H2,1-2H3,(H,24,26)/b13-12+. The number of ether oxygens (including phenoxy) is 1. The maximum absolute atomic E-state index is 12.2. The summed E-state index contributed by atoms with van der Waals surface area (Å²) in [5.41, 5.74) is 2.39. The van der Waals surface area contributed by atoms with Crippen LogP contribution in [0.5, 0.6) is 0 Å². The van der Waals surface area contributed by atoms with Crippen molar-refractivity contribution in [3.63, 3.8) is 0 Å². The number of para-hydroxylation sites is 1. The molecule has 0 heterocycles. The number of carbonyl (C=O) groups excluding carboxylic acids is 3. The third kappa shape index (κ3) is 7.08. The molecule has 29 heavy (non-hydrogen) atoms. The van der Waals surface area contributed by atoms with Crippen molar-refractivity contribution in [1.29, 1.82) is 0 Å². The minimum atomic E-state index is -0.673. The molecule has 6 nitrogen and oxygen atoms in total. The predicted octanol–water partition coefficient (Wildman–Crippen LogP) is 3.56. The Balaban J connectivity index is 1.80. The van der Waals surface area contributed by atoms with Gasteiger partial charge in [0.25, 0.3) is 5.91 Å². The van der Waals surface area contributed by atoms with Crippen molar-refractivity contribution in [2.75, 3.05) is 25.5 Å². The summed E-state index contributed by atoms with van der Waals surface area (Å²) >= 11 is 6.00. The average Bonchev–Trinajstić information content (AvgIpc) is 2.71. The van der Waals surface area contributed by atoms with Gasteiger partial charge in [0.2, 0.25) is 5.91 Å². The van der Waals surface area contributed by atoms with Crippen molar-refractivity contribution in [2.24, 2.45) is 0 Å². The van der Waals surface area contributed by atoms with E-state index in [9.17, 15) is 14.4 Å². The van der Waals surface area contributed by atoms with Crippen LogP contribution in [-0.2, 0) is 25.5 Å². The van der Waals surface area contributed by atoms with Crippen LogP contribution in [0.25, 0.3) is 6.08 Å². The lowest BCUT2D eigenvalue weighted by Crippen LogP contribution is -2.37. The average molecular weight is 415 g/mol. The summed E-state index contributed by atoms with van der Waals surface area (Å²) in [4.78, 5) is 37.3. The molecule has 0 fully saturated rings. The van der Waals surface area contributed by atoms with Gasteiger partial charge < -0.3 is 15.0 Å². The van der Waals surface area contributed by atoms with E-state index < -0.39 is 18.5 Å². The topological polar surface area (TPSA) is 75.7 Å². The molecular weight excluding hydrogens is 392 g/mol. The van der Waals surface area contributed by atoms with Crippen LogP contribution in [0.4, 0.5) is 5.69 Å². The third-order valence-electron chi connectivity index (χ3n) is 4.12. The number of anilines is 1. The van der Waals surface area contributed by atoms with Crippen LogP contribution in [0.3, 0.4) is 0 Å². The molecule has 0 aliphatic rings. The van der Waals surface area contributed by atoms with Crippen molar-refractivity contribution >= 4 is 41.1 Å². The maximum atomic E-state index is 12.2. The molecule has 7 heteroatoms. The zero-order valence-corrected chi connectivity index (χ0v) is 17.1. The molecular formula is C22H23ClN2O4. The Kier molecular flexibility index (Phi) is 8.43. The van der Waals surface area contributed by atoms with Crippen LogP contribution in [0.1, 0.15) is 18.1 Å². The summed E-state index contributed by atoms with van der Waals surface area (Å²) in [6, 6.07) is 14.5. The molecule has 0 bridgehead atoms. The van der Waals surface area contributed by atoms with Gasteiger partial charge in [0, 0.05) is 23.8 Å². The summed E-state index contributed by atoms with van der Waals surface area (Å²) in [5, 5.41) is 3.29. The van der Waals surface area contributed by atoms with Gasteiger partial charge in [-0.05, 0) is 35.8 Å². The molecule has 2 amide bonds. The predicted molar refractivity (Wildman–Crippen MR) is 114 cm³/mol. The number of likely N-dealkylation sites (N-methyl/N-ethyl adjacent to an activating group) is 1. The number of esters is 1. The Morgan fingerprint density at radius 2 is 1.79 bits per heavy atom. The number of amides is 2. The van der Waals surface area contributed by atoms with E-state index >= 15 is 0 Å². The van der Waals surface area contributed by atoms with E-state index in [4.69, 9.17) is 16.3 Å². The number of nitrogens with zero attached hydrogens (tertiary/aromatic N) is 1. The molecule has 0 aliphatic heterocycles. The zero-order chi connectivity index (χ0) is 21.2. The van der Waals surface area contributed by atoms with E-state index in [1.54, 1.807) is 24.3 Å². The SMILES string of the molecule is CCc1ccccc1NC(=O)CN(C)C(=O)COC(=O)/C=C/c1ccccc1Cl. The monoisotopic (exact) mass is 414 g/mol. The summed E-state index contributed by atoms with van der Waals surface area (Å²) in [6.07, 6.45) is 3.49. The summed E-state index contributed by atoms with van der Waals surface area (Å²) in [7, 11) is 1.47. The molecule has 2 rings (SSSR count). The van der Waals surface area contributed by atoms with Gasteiger partial charge in [-0.2, -0.15) is 0 Å². The fourth-order valence-corrected chi connectivity index (χ4v) is 2.70. The number of rotatable bonds is 8. The van der Waals surface area contributed by atoms with Crippen molar-refractivity contribution in [1.82, 2.24) is 4.90 Å². The van der Waals surface area contributed by atoms with Crippen LogP contribution in [0.2, 0.25) is 5.02 Å². The largest absolute Gasteiger partial charge is 0.452 e. The highest BCUT2D eigenvalue weighted by Crippen LogP contribution is 2.16. The summed E-state index contributed by atoms with van der Waals surface area (Å²) in [5.74, 6) is -1.48. The second kappa shape index (κ2) is 11.0. The van der Waals surface area contributed by atoms with Gasteiger partial charge in [-0.1, -0.05) is 54.9 Å². The molecule has 0 spiro atoms. The smallest absolute Gasteiger partial charge is 0.331 e. The van der Waals surface area contributed by atoms with Crippen LogP contribution in [-0.4, -0.2) is 42.9 Å². The maximum Gasteiger partial charge on any atom is 0.331 e. The van der Waals surface area contributed by atoms with E-state index in [1.807, 2.05) is 31.2 Å². The van der Waals surface area contributed by atoms with Gasteiger partial charge in [-0.15, -0.1) is 0 Å². The Labute approximate surface area is 175 Å². The molecule has 0 unspecified atom stereocenters. The van der Waals surface area contributed by atoms with Gasteiger partial charge in [0.15, 0.2) is 6.61 Å². The van der Waals surface area contributed by atoms with Crippen molar-refractivity contribution < 1.29 is 19.1 Å². The molecule has 0 aliphatic carbocycles. The quantitative estimate of drug-likeness (QED) is 0.529. The van der Waals surface area contributed by atoms with E-state index in [1.165, 1.54) is 24.1 Å². The Hall–Kier alpha value is -3.12. The zero-order valence-electron chi connectivity index (χ0n) is 16.4. The fourth-order valence-electron chi connectivity index (χ4n) is 2.50. The second-order valence-electron chi connectivity index (χ2n) is 6.27. The molecule has 2 aromatic carbocycles. The molecule has 0 saturated heterocycles. The van der Waals surface area contributed by atoms with Gasteiger partial charge in [-0.25, -0.2) is 4.79 Å². The van der Waals surface area contributed by atoms with Crippen molar-refractivity contribution in [3.05, 3.63) is 70.8 Å². The van der Waals surface area contributed by atoms with Crippen LogP contribution < -0.4 is 5.32 Å². The third-order valence-corrected chi connectivity index (χ3v) is 4.47. The molecule has 0 aromatic heterocycles. The lowest BCUT2D eigenvalue weighted by atomic mass is 10.1. The highest BCUT2D eigenvalue weighted by atomic mass is 35.5. The van der Waals surface area contributed by atoms with Gasteiger partial charge in [-0.3, -0.25) is 9.59 Å². The summed E-state index contributed by atoms with van der Waals surface area (Å²) in [6.45, 7) is 1.39. The lowest BCUT2D eigenvalue weighted by Gasteiger charge is -2.17. The number of carbonyl (C=O) groups is 3. The van der Waals surface area contributed by atoms with Gasteiger partial charge in [0.1, 0.15) is 0 Å². The van der Waals surface area contributed by atoms with Crippen molar-refractivity contribution in [2.45, 2.75) is 13.3 Å². The molecule has 152 valence electrons. The molecule has 0 radical (unpaired) electrons. The first-order chi connectivity index (χ1) is 13.9. The molecule has 1 N–H and O–H groups in total. The van der Waals surface area contributed by atoms with Crippen LogP contribution in [0.15, 0.2) is 54.6 Å². The molecule has 0 saturated carbocycles. The number of aryl methyl sites for hydroxylation is 1. The van der Waals surface area contributed by atoms with E-state index in [0.29, 0.717) is 10.6 Å². The van der Waals surface area contributed by atoms with Gasteiger partial charge >= 0.3 is 5.97 Å². The lowest BCUT2D eigenvalue weighted by molar-refractivity contribution is -0.148. The molecule has 2 aromatic rings. The number of hydrogen-bond acceptors (Lipinski definition) is 4. The Morgan fingerprint density at radius 1 is 1.10 bits per heavy atom. The Bertz CT molecular complexity index is 911. The first-order valence-electron chi connectivity index (χ1n) is 9.11. The minimum absolute atomic E-state index is 0.149.